The van der Waals surface area contributed by atoms with E-state index >= 15 is 0 Å². The molecule has 0 bridgehead atoms. The van der Waals surface area contributed by atoms with E-state index in [4.69, 9.17) is 11.6 Å². The van der Waals surface area contributed by atoms with Gasteiger partial charge in [0.1, 0.15) is 5.75 Å². The van der Waals surface area contributed by atoms with Crippen LogP contribution in [0.1, 0.15) is 12.0 Å². The number of ether oxygens (including phenoxy) is 1. The van der Waals surface area contributed by atoms with Crippen molar-refractivity contribution < 1.29 is 18.4 Å². The molecule has 0 aliphatic carbocycles. The SMILES string of the molecule is O=[N+]([O-])c1cc(OC(F)F)ccc1CCCCl. The number of aryl methyl sites for hydroxylation is 1. The van der Waals surface area contributed by atoms with Crippen LogP contribution in [0.5, 0.6) is 5.75 Å². The van der Waals surface area contributed by atoms with Crippen LogP contribution in [0.25, 0.3) is 0 Å². The number of halogens is 3. The van der Waals surface area contributed by atoms with Crippen LogP contribution >= 0.6 is 11.6 Å². The first-order valence-electron chi connectivity index (χ1n) is 4.82. The summed E-state index contributed by atoms with van der Waals surface area (Å²) in [6.07, 6.45) is 1.01. The van der Waals surface area contributed by atoms with Crippen LogP contribution < -0.4 is 4.74 Å². The van der Waals surface area contributed by atoms with Crippen LogP contribution in [0.3, 0.4) is 0 Å². The average molecular weight is 266 g/mol. The van der Waals surface area contributed by atoms with Crippen molar-refractivity contribution >= 4 is 17.3 Å². The van der Waals surface area contributed by atoms with Crippen LogP contribution in [0.15, 0.2) is 18.2 Å². The van der Waals surface area contributed by atoms with E-state index in [1.807, 2.05) is 0 Å². The van der Waals surface area contributed by atoms with Crippen molar-refractivity contribution in [1.29, 1.82) is 0 Å². The van der Waals surface area contributed by atoms with E-state index in [-0.39, 0.29) is 11.4 Å². The van der Waals surface area contributed by atoms with Crippen molar-refractivity contribution in [1.82, 2.24) is 0 Å². The van der Waals surface area contributed by atoms with Gasteiger partial charge in [0.2, 0.25) is 0 Å². The number of rotatable bonds is 6. The van der Waals surface area contributed by atoms with Crippen molar-refractivity contribution in [3.63, 3.8) is 0 Å². The third-order valence-electron chi connectivity index (χ3n) is 2.06. The Balaban J connectivity index is 2.95. The van der Waals surface area contributed by atoms with Crippen LogP contribution in [-0.4, -0.2) is 17.4 Å². The van der Waals surface area contributed by atoms with Gasteiger partial charge in [0.05, 0.1) is 11.0 Å². The maximum atomic E-state index is 11.9. The highest BCUT2D eigenvalue weighted by Crippen LogP contribution is 2.26. The van der Waals surface area contributed by atoms with Gasteiger partial charge >= 0.3 is 6.61 Å². The van der Waals surface area contributed by atoms with Gasteiger partial charge in [0.25, 0.3) is 5.69 Å². The lowest BCUT2D eigenvalue weighted by Gasteiger charge is -2.06. The fourth-order valence-electron chi connectivity index (χ4n) is 1.36. The highest BCUT2D eigenvalue weighted by Gasteiger charge is 2.16. The second kappa shape index (κ2) is 6.34. The summed E-state index contributed by atoms with van der Waals surface area (Å²) in [7, 11) is 0. The zero-order chi connectivity index (χ0) is 12.8. The Kier molecular flexibility index (Phi) is 5.09. The van der Waals surface area contributed by atoms with E-state index in [9.17, 15) is 18.9 Å². The molecule has 4 nitrogen and oxygen atoms in total. The van der Waals surface area contributed by atoms with Gasteiger partial charge in [-0.2, -0.15) is 8.78 Å². The van der Waals surface area contributed by atoms with Gasteiger partial charge in [0, 0.05) is 11.4 Å². The highest BCUT2D eigenvalue weighted by atomic mass is 35.5. The fourth-order valence-corrected chi connectivity index (χ4v) is 1.49. The van der Waals surface area contributed by atoms with E-state index < -0.39 is 11.5 Å². The molecule has 1 aromatic rings. The molecule has 0 unspecified atom stereocenters. The molecule has 0 heterocycles. The molecule has 0 aliphatic heterocycles. The Morgan fingerprint density at radius 3 is 2.71 bits per heavy atom. The van der Waals surface area contributed by atoms with Crippen molar-refractivity contribution in [3.8, 4) is 5.75 Å². The predicted octanol–water partition coefficient (Wildman–Crippen LogP) is 3.37. The average Bonchev–Trinajstić information content (AvgIpc) is 2.26. The molecule has 0 fully saturated rings. The quantitative estimate of drug-likeness (QED) is 0.450. The van der Waals surface area contributed by atoms with Crippen molar-refractivity contribution in [2.75, 3.05) is 5.88 Å². The van der Waals surface area contributed by atoms with Gasteiger partial charge in [-0.15, -0.1) is 11.6 Å². The topological polar surface area (TPSA) is 52.4 Å². The first-order valence-corrected chi connectivity index (χ1v) is 5.36. The third-order valence-corrected chi connectivity index (χ3v) is 2.33. The minimum absolute atomic E-state index is 0.221. The smallest absolute Gasteiger partial charge is 0.387 e. The van der Waals surface area contributed by atoms with E-state index in [0.29, 0.717) is 24.3 Å². The van der Waals surface area contributed by atoms with Crippen molar-refractivity contribution in [3.05, 3.63) is 33.9 Å². The molecular weight excluding hydrogens is 256 g/mol. The number of alkyl halides is 3. The second-order valence-electron chi connectivity index (χ2n) is 3.22. The predicted molar refractivity (Wildman–Crippen MR) is 58.8 cm³/mol. The summed E-state index contributed by atoms with van der Waals surface area (Å²) < 4.78 is 28.0. The summed E-state index contributed by atoms with van der Waals surface area (Å²) in [4.78, 5) is 10.1. The second-order valence-corrected chi connectivity index (χ2v) is 3.60. The van der Waals surface area contributed by atoms with Crippen LogP contribution in [0.2, 0.25) is 0 Å². The Morgan fingerprint density at radius 1 is 1.47 bits per heavy atom. The monoisotopic (exact) mass is 265 g/mol. The molecule has 17 heavy (non-hydrogen) atoms. The number of hydrogen-bond acceptors (Lipinski definition) is 3. The molecule has 0 saturated heterocycles. The molecule has 7 heteroatoms. The Labute approximate surface area is 101 Å². The lowest BCUT2D eigenvalue weighted by molar-refractivity contribution is -0.385. The third kappa shape index (κ3) is 4.14. The number of hydrogen-bond donors (Lipinski definition) is 0. The molecule has 1 rings (SSSR count). The molecule has 0 spiro atoms. The maximum Gasteiger partial charge on any atom is 0.387 e. The van der Waals surface area contributed by atoms with Crippen molar-refractivity contribution in [2.45, 2.75) is 19.5 Å². The van der Waals surface area contributed by atoms with E-state index in [2.05, 4.69) is 4.74 Å². The zero-order valence-corrected chi connectivity index (χ0v) is 9.49. The summed E-state index contributed by atoms with van der Waals surface area (Å²) in [5, 5.41) is 10.8. The van der Waals surface area contributed by atoms with Gasteiger partial charge in [0.15, 0.2) is 0 Å². The standard InChI is InChI=1S/C10H10ClF2NO3/c11-5-1-2-7-3-4-8(17-10(12)13)6-9(7)14(15)16/h3-4,6,10H,1-2,5H2. The molecular formula is C10H10ClF2NO3. The minimum atomic E-state index is -3.00. The minimum Gasteiger partial charge on any atom is -0.435 e. The van der Waals surface area contributed by atoms with E-state index in [0.717, 1.165) is 6.07 Å². The normalized spacial score (nSPS) is 10.6. The summed E-state index contributed by atoms with van der Waals surface area (Å²) in [5.74, 6) is 0.160. The number of nitro groups is 1. The first kappa shape index (κ1) is 13.6. The number of nitro benzene ring substituents is 1. The van der Waals surface area contributed by atoms with Crippen LogP contribution in [0.4, 0.5) is 14.5 Å². The number of nitrogens with zero attached hydrogens (tertiary/aromatic N) is 1. The van der Waals surface area contributed by atoms with E-state index in [1.54, 1.807) is 0 Å². The highest BCUT2D eigenvalue weighted by molar-refractivity contribution is 6.17. The summed E-state index contributed by atoms with van der Waals surface area (Å²) >= 11 is 5.49. The zero-order valence-electron chi connectivity index (χ0n) is 8.74. The van der Waals surface area contributed by atoms with Gasteiger partial charge in [-0.1, -0.05) is 0 Å². The van der Waals surface area contributed by atoms with Gasteiger partial charge < -0.3 is 4.74 Å². The molecule has 94 valence electrons. The largest absolute Gasteiger partial charge is 0.435 e. The molecule has 0 aliphatic rings. The molecule has 0 N–H and O–H groups in total. The lowest BCUT2D eigenvalue weighted by Crippen LogP contribution is -2.03. The van der Waals surface area contributed by atoms with Gasteiger partial charge in [-0.05, 0) is 25.0 Å². The molecule has 0 amide bonds. The Bertz CT molecular complexity index is 401. The Hall–Kier alpha value is -1.43. The lowest BCUT2D eigenvalue weighted by atomic mass is 10.1. The summed E-state index contributed by atoms with van der Waals surface area (Å²) in [6, 6.07) is 3.68. The molecule has 0 atom stereocenters. The van der Waals surface area contributed by atoms with Crippen LogP contribution in [0, 0.1) is 10.1 Å². The maximum absolute atomic E-state index is 11.9. The first-order chi connectivity index (χ1) is 8.04. The van der Waals surface area contributed by atoms with Crippen molar-refractivity contribution in [2.24, 2.45) is 0 Å². The van der Waals surface area contributed by atoms with Crippen LogP contribution in [-0.2, 0) is 6.42 Å². The molecule has 0 aromatic heterocycles. The molecule has 0 saturated carbocycles. The Morgan fingerprint density at radius 2 is 2.18 bits per heavy atom. The molecule has 0 radical (unpaired) electrons. The fraction of sp³-hybridized carbons (Fsp3) is 0.400. The summed E-state index contributed by atoms with van der Waals surface area (Å²) in [6.45, 7) is -3.00. The van der Waals surface area contributed by atoms with Gasteiger partial charge in [-0.25, -0.2) is 0 Å². The van der Waals surface area contributed by atoms with Gasteiger partial charge in [-0.3, -0.25) is 10.1 Å². The number of benzene rings is 1. The molecule has 1 aromatic carbocycles. The van der Waals surface area contributed by atoms with E-state index in [1.165, 1.54) is 12.1 Å². The summed E-state index contributed by atoms with van der Waals surface area (Å²) in [5.41, 5.74) is 0.227.